The molecule has 0 unspecified atom stereocenters. The number of ether oxygens (including phenoxy) is 1. The highest BCUT2D eigenvalue weighted by Gasteiger charge is 2.23. The summed E-state index contributed by atoms with van der Waals surface area (Å²) in [6, 6.07) is 6.84. The summed E-state index contributed by atoms with van der Waals surface area (Å²) >= 11 is 0. The Hall–Kier alpha value is -1.82. The Morgan fingerprint density at radius 3 is 2.35 bits per heavy atom. The third kappa shape index (κ3) is 2.85. The van der Waals surface area contributed by atoms with E-state index in [4.69, 9.17) is 4.74 Å². The van der Waals surface area contributed by atoms with Crippen LogP contribution in [0.1, 0.15) is 31.1 Å². The van der Waals surface area contributed by atoms with E-state index in [0.717, 1.165) is 10.2 Å². The Bertz CT molecular complexity index is 766. The van der Waals surface area contributed by atoms with Crippen molar-refractivity contribution in [2.45, 2.75) is 26.4 Å². The van der Waals surface area contributed by atoms with Crippen LogP contribution in [0, 0.1) is 0 Å². The maximum atomic E-state index is 12.2. The van der Waals surface area contributed by atoms with Gasteiger partial charge in [0.05, 0.1) is 17.3 Å². The molecule has 2 aromatic rings. The summed E-state index contributed by atoms with van der Waals surface area (Å²) in [7, 11) is -3.48. The van der Waals surface area contributed by atoms with Gasteiger partial charge in [-0.1, -0.05) is 18.2 Å². The second-order valence-corrected chi connectivity index (χ2v) is 7.48. The lowest BCUT2D eigenvalue weighted by Gasteiger charge is -2.19. The summed E-state index contributed by atoms with van der Waals surface area (Å²) in [6.45, 7) is 5.29. The number of fused-ring (bicyclic) bond motifs is 1. The summed E-state index contributed by atoms with van der Waals surface area (Å²) < 4.78 is 30.0. The molecular formula is C14H17NO4S. The molecule has 1 aromatic heterocycles. The van der Waals surface area contributed by atoms with E-state index in [2.05, 4.69) is 0 Å². The van der Waals surface area contributed by atoms with Crippen molar-refractivity contribution in [3.05, 3.63) is 36.0 Å². The smallest absolute Gasteiger partial charge is 0.340 e. The van der Waals surface area contributed by atoms with Crippen molar-refractivity contribution in [1.82, 2.24) is 3.97 Å². The number of carbonyl (C=O) groups is 1. The number of benzene rings is 1. The van der Waals surface area contributed by atoms with E-state index in [-0.39, 0.29) is 5.56 Å². The van der Waals surface area contributed by atoms with Crippen LogP contribution in [0.5, 0.6) is 0 Å². The monoisotopic (exact) mass is 295 g/mol. The number of rotatable bonds is 2. The fourth-order valence-corrected chi connectivity index (χ4v) is 2.73. The Morgan fingerprint density at radius 2 is 1.80 bits per heavy atom. The number of nitrogens with zero attached hydrogens (tertiary/aromatic N) is 1. The van der Waals surface area contributed by atoms with Crippen LogP contribution in [0.2, 0.25) is 0 Å². The molecule has 0 atom stereocenters. The minimum atomic E-state index is -3.48. The first-order valence-corrected chi connectivity index (χ1v) is 7.98. The van der Waals surface area contributed by atoms with Crippen LogP contribution in [0.25, 0.3) is 10.9 Å². The molecule has 0 radical (unpaired) electrons. The lowest BCUT2D eigenvalue weighted by atomic mass is 10.1. The Labute approximate surface area is 118 Å². The second-order valence-electron chi connectivity index (χ2n) is 5.62. The van der Waals surface area contributed by atoms with E-state index in [1.165, 1.54) is 6.20 Å². The molecule has 2 rings (SSSR count). The van der Waals surface area contributed by atoms with Gasteiger partial charge in [-0.3, -0.25) is 0 Å². The topological polar surface area (TPSA) is 65.4 Å². The van der Waals surface area contributed by atoms with Crippen LogP contribution in [-0.2, 0) is 14.8 Å². The Morgan fingerprint density at radius 1 is 1.20 bits per heavy atom. The Balaban J connectivity index is 2.64. The molecule has 0 aliphatic rings. The van der Waals surface area contributed by atoms with Gasteiger partial charge >= 0.3 is 5.97 Å². The number of aromatic nitrogens is 1. The molecular weight excluding hydrogens is 278 g/mol. The van der Waals surface area contributed by atoms with Crippen LogP contribution in [0.3, 0.4) is 0 Å². The molecule has 108 valence electrons. The largest absolute Gasteiger partial charge is 0.456 e. The molecule has 0 spiro atoms. The van der Waals surface area contributed by atoms with Crippen LogP contribution >= 0.6 is 0 Å². The minimum absolute atomic E-state index is 0.251. The number of esters is 1. The van der Waals surface area contributed by atoms with Gasteiger partial charge in [-0.2, -0.15) is 0 Å². The maximum absolute atomic E-state index is 12.2. The van der Waals surface area contributed by atoms with Crippen molar-refractivity contribution in [3.8, 4) is 0 Å². The predicted molar refractivity (Wildman–Crippen MR) is 77.3 cm³/mol. The first-order valence-electron chi connectivity index (χ1n) is 6.13. The minimum Gasteiger partial charge on any atom is -0.456 e. The lowest BCUT2D eigenvalue weighted by molar-refractivity contribution is 0.00718. The first kappa shape index (κ1) is 14.6. The van der Waals surface area contributed by atoms with Gasteiger partial charge in [0.2, 0.25) is 10.0 Å². The molecule has 0 saturated heterocycles. The first-order chi connectivity index (χ1) is 9.09. The SMILES string of the molecule is CC(C)(C)OC(=O)c1cn(S(C)(=O)=O)c2ccccc12. The zero-order valence-corrected chi connectivity index (χ0v) is 12.7. The van der Waals surface area contributed by atoms with E-state index in [9.17, 15) is 13.2 Å². The summed E-state index contributed by atoms with van der Waals surface area (Å²) in [5, 5.41) is 0.562. The number of hydrogen-bond donors (Lipinski definition) is 0. The Kier molecular flexibility index (Phi) is 3.37. The van der Waals surface area contributed by atoms with Crippen LogP contribution in [0.4, 0.5) is 0 Å². The van der Waals surface area contributed by atoms with Crippen molar-refractivity contribution in [1.29, 1.82) is 0 Å². The third-order valence-electron chi connectivity index (χ3n) is 2.65. The molecule has 5 nitrogen and oxygen atoms in total. The van der Waals surface area contributed by atoms with E-state index in [1.807, 2.05) is 0 Å². The summed E-state index contributed by atoms with van der Waals surface area (Å²) in [6.07, 6.45) is 2.41. The lowest BCUT2D eigenvalue weighted by Crippen LogP contribution is -2.23. The average molecular weight is 295 g/mol. The maximum Gasteiger partial charge on any atom is 0.340 e. The molecule has 6 heteroatoms. The van der Waals surface area contributed by atoms with Crippen LogP contribution in [0.15, 0.2) is 30.5 Å². The zero-order chi connectivity index (χ0) is 15.1. The standard InChI is InChI=1S/C14H17NO4S/c1-14(2,3)19-13(16)11-9-15(20(4,17)18)12-8-6-5-7-10(11)12/h5-9H,1-4H3. The van der Waals surface area contributed by atoms with E-state index < -0.39 is 21.6 Å². The molecule has 1 heterocycles. The fourth-order valence-electron chi connectivity index (χ4n) is 1.92. The van der Waals surface area contributed by atoms with E-state index >= 15 is 0 Å². The van der Waals surface area contributed by atoms with E-state index in [0.29, 0.717) is 10.9 Å². The quantitative estimate of drug-likeness (QED) is 0.798. The molecule has 0 bridgehead atoms. The second kappa shape index (κ2) is 4.63. The summed E-state index contributed by atoms with van der Waals surface area (Å²) in [5.74, 6) is -0.531. The number of carbonyl (C=O) groups excluding carboxylic acids is 1. The predicted octanol–water partition coefficient (Wildman–Crippen LogP) is 2.40. The molecule has 0 N–H and O–H groups in total. The highest BCUT2D eigenvalue weighted by atomic mass is 32.2. The van der Waals surface area contributed by atoms with Gasteiger partial charge in [0.25, 0.3) is 0 Å². The molecule has 20 heavy (non-hydrogen) atoms. The van der Waals surface area contributed by atoms with Crippen molar-refractivity contribution in [3.63, 3.8) is 0 Å². The summed E-state index contributed by atoms with van der Waals surface area (Å²) in [4.78, 5) is 12.2. The van der Waals surface area contributed by atoms with Gasteiger partial charge in [0.15, 0.2) is 0 Å². The molecule has 0 aliphatic heterocycles. The van der Waals surface area contributed by atoms with Crippen molar-refractivity contribution >= 4 is 26.9 Å². The zero-order valence-electron chi connectivity index (χ0n) is 11.9. The third-order valence-corrected chi connectivity index (χ3v) is 3.67. The highest BCUT2D eigenvalue weighted by molar-refractivity contribution is 7.89. The highest BCUT2D eigenvalue weighted by Crippen LogP contribution is 2.24. The average Bonchev–Trinajstić information content (AvgIpc) is 2.65. The number of hydrogen-bond acceptors (Lipinski definition) is 4. The van der Waals surface area contributed by atoms with Crippen LogP contribution < -0.4 is 0 Å². The molecule has 0 aliphatic carbocycles. The van der Waals surface area contributed by atoms with Gasteiger partial charge in [0, 0.05) is 11.6 Å². The van der Waals surface area contributed by atoms with Crippen molar-refractivity contribution < 1.29 is 17.9 Å². The van der Waals surface area contributed by atoms with Gasteiger partial charge in [0.1, 0.15) is 5.60 Å². The van der Waals surface area contributed by atoms with Gasteiger partial charge in [-0.25, -0.2) is 17.2 Å². The molecule has 1 aromatic carbocycles. The van der Waals surface area contributed by atoms with Crippen LogP contribution in [-0.4, -0.2) is 30.2 Å². The molecule has 0 amide bonds. The van der Waals surface area contributed by atoms with Crippen molar-refractivity contribution in [2.24, 2.45) is 0 Å². The van der Waals surface area contributed by atoms with Gasteiger partial charge in [-0.15, -0.1) is 0 Å². The normalized spacial score (nSPS) is 12.6. The van der Waals surface area contributed by atoms with Gasteiger partial charge < -0.3 is 4.74 Å². The van der Waals surface area contributed by atoms with Gasteiger partial charge in [-0.05, 0) is 26.8 Å². The number of para-hydroxylation sites is 1. The van der Waals surface area contributed by atoms with Crippen molar-refractivity contribution in [2.75, 3.05) is 6.26 Å². The molecule has 0 saturated carbocycles. The van der Waals surface area contributed by atoms with E-state index in [1.54, 1.807) is 45.0 Å². The fraction of sp³-hybridized carbons (Fsp3) is 0.357. The molecule has 0 fully saturated rings. The summed E-state index contributed by atoms with van der Waals surface area (Å²) in [5.41, 5.74) is 0.0857.